The minimum atomic E-state index is -0.981. The van der Waals surface area contributed by atoms with E-state index in [2.05, 4.69) is 9.72 Å². The summed E-state index contributed by atoms with van der Waals surface area (Å²) in [4.78, 5) is 13.9. The minimum Gasteiger partial charge on any atom is -0.390 e. The molecule has 0 aliphatic heterocycles. The molecule has 1 aromatic heterocycles. The molecule has 1 rings (SSSR count). The van der Waals surface area contributed by atoms with E-state index < -0.39 is 6.09 Å². The number of carbonyl (C=O) groups excluding carboxylic acids is 1. The molecule has 0 aliphatic rings. The van der Waals surface area contributed by atoms with Crippen LogP contribution in [0.1, 0.15) is 5.56 Å². The number of nitrogens with two attached hydrogens (primary N) is 1. The molecule has 0 aromatic carbocycles. The van der Waals surface area contributed by atoms with Gasteiger partial charge in [0.2, 0.25) is 5.88 Å². The molecule has 0 radical (unpaired) electrons. The Labute approximate surface area is 68.4 Å². The second-order valence-electron chi connectivity index (χ2n) is 1.89. The third-order valence-corrected chi connectivity index (χ3v) is 1.09. The number of rotatable bonds is 1. The van der Waals surface area contributed by atoms with Crippen molar-refractivity contribution >= 4 is 6.09 Å². The van der Waals surface area contributed by atoms with Crippen molar-refractivity contribution in [3.8, 4) is 11.9 Å². The van der Waals surface area contributed by atoms with Gasteiger partial charge in [-0.15, -0.1) is 0 Å². The molecule has 60 valence electrons. The fourth-order valence-electron chi connectivity index (χ4n) is 0.653. The topological polar surface area (TPSA) is 89.0 Å². The lowest BCUT2D eigenvalue weighted by atomic mass is 10.3. The number of amides is 1. The number of primary amides is 1. The van der Waals surface area contributed by atoms with Gasteiger partial charge in [0.05, 0.1) is 0 Å². The molecule has 0 saturated carbocycles. The highest BCUT2D eigenvalue weighted by atomic mass is 16.6. The zero-order chi connectivity index (χ0) is 8.97. The molecule has 5 nitrogen and oxygen atoms in total. The lowest BCUT2D eigenvalue weighted by molar-refractivity contribution is 0.209. The van der Waals surface area contributed by atoms with Gasteiger partial charge >= 0.3 is 6.09 Å². The maximum Gasteiger partial charge on any atom is 0.411 e. The van der Waals surface area contributed by atoms with Gasteiger partial charge < -0.3 is 10.5 Å². The number of nitriles is 1. The maximum absolute atomic E-state index is 10.3. The van der Waals surface area contributed by atoms with Crippen LogP contribution in [0.5, 0.6) is 5.88 Å². The van der Waals surface area contributed by atoms with Gasteiger partial charge in [-0.1, -0.05) is 0 Å². The number of pyridine rings is 1. The van der Waals surface area contributed by atoms with Crippen molar-refractivity contribution < 1.29 is 9.53 Å². The molecule has 1 aromatic rings. The molecule has 5 heteroatoms. The SMILES string of the molecule is N#Cc1cccnc1OC(N)=O. The van der Waals surface area contributed by atoms with E-state index in [1.807, 2.05) is 0 Å². The summed E-state index contributed by atoms with van der Waals surface area (Å²) in [6.45, 7) is 0. The molecule has 0 aliphatic carbocycles. The molecule has 0 spiro atoms. The molecule has 0 atom stereocenters. The highest BCUT2D eigenvalue weighted by Crippen LogP contribution is 2.11. The molecule has 0 saturated heterocycles. The fraction of sp³-hybridized carbons (Fsp3) is 0. The molecule has 0 unspecified atom stereocenters. The average molecular weight is 163 g/mol. The van der Waals surface area contributed by atoms with E-state index in [9.17, 15) is 4.79 Å². The van der Waals surface area contributed by atoms with Gasteiger partial charge in [-0.05, 0) is 12.1 Å². The first-order valence-corrected chi connectivity index (χ1v) is 3.06. The van der Waals surface area contributed by atoms with Crippen LogP contribution < -0.4 is 10.5 Å². The first-order valence-electron chi connectivity index (χ1n) is 3.06. The minimum absolute atomic E-state index is 0.0625. The first-order chi connectivity index (χ1) is 5.74. The highest BCUT2D eigenvalue weighted by Gasteiger charge is 2.05. The average Bonchev–Trinajstić information content (AvgIpc) is 2.04. The summed E-state index contributed by atoms with van der Waals surface area (Å²) in [6.07, 6.45) is 0.421. The van der Waals surface area contributed by atoms with Crippen molar-refractivity contribution in [1.29, 1.82) is 5.26 Å². The van der Waals surface area contributed by atoms with E-state index in [0.717, 1.165) is 0 Å². The summed E-state index contributed by atoms with van der Waals surface area (Å²) in [6, 6.07) is 4.85. The van der Waals surface area contributed by atoms with E-state index >= 15 is 0 Å². The van der Waals surface area contributed by atoms with Crippen LogP contribution in [0.15, 0.2) is 18.3 Å². The highest BCUT2D eigenvalue weighted by molar-refractivity contribution is 5.68. The number of carbonyl (C=O) groups is 1. The monoisotopic (exact) mass is 163 g/mol. The zero-order valence-electron chi connectivity index (χ0n) is 6.02. The number of aromatic nitrogens is 1. The molecule has 1 amide bonds. The zero-order valence-corrected chi connectivity index (χ0v) is 6.02. The third kappa shape index (κ3) is 1.70. The molecule has 12 heavy (non-hydrogen) atoms. The fourth-order valence-corrected chi connectivity index (χ4v) is 0.653. The van der Waals surface area contributed by atoms with Crippen molar-refractivity contribution in [2.24, 2.45) is 5.73 Å². The summed E-state index contributed by atoms with van der Waals surface area (Å²) in [5.41, 5.74) is 4.91. The lowest BCUT2D eigenvalue weighted by Crippen LogP contribution is -2.17. The Kier molecular flexibility index (Phi) is 2.23. The van der Waals surface area contributed by atoms with E-state index in [1.54, 1.807) is 12.1 Å². The summed E-state index contributed by atoms with van der Waals surface area (Å²) in [7, 11) is 0. The van der Waals surface area contributed by atoms with E-state index in [4.69, 9.17) is 11.0 Å². The molecule has 0 bridgehead atoms. The van der Waals surface area contributed by atoms with E-state index in [-0.39, 0.29) is 11.4 Å². The maximum atomic E-state index is 10.3. The Morgan fingerprint density at radius 1 is 1.75 bits per heavy atom. The Bertz CT molecular complexity index is 343. The van der Waals surface area contributed by atoms with Crippen LogP contribution in [0.2, 0.25) is 0 Å². The summed E-state index contributed by atoms with van der Waals surface area (Å²) < 4.78 is 4.44. The number of nitrogens with zero attached hydrogens (tertiary/aromatic N) is 2. The van der Waals surface area contributed by atoms with Crippen LogP contribution in [-0.2, 0) is 0 Å². The second kappa shape index (κ2) is 3.34. The van der Waals surface area contributed by atoms with Crippen molar-refractivity contribution in [3.05, 3.63) is 23.9 Å². The van der Waals surface area contributed by atoms with Crippen LogP contribution in [0.3, 0.4) is 0 Å². The molecule has 0 fully saturated rings. The van der Waals surface area contributed by atoms with E-state index in [1.165, 1.54) is 12.3 Å². The number of hydrogen-bond donors (Lipinski definition) is 1. The van der Waals surface area contributed by atoms with Crippen molar-refractivity contribution in [2.45, 2.75) is 0 Å². The van der Waals surface area contributed by atoms with Crippen LogP contribution >= 0.6 is 0 Å². The standard InChI is InChI=1S/C7H5N3O2/c8-4-5-2-1-3-10-6(5)12-7(9)11/h1-3H,(H2,9,11). The Morgan fingerprint density at radius 3 is 3.08 bits per heavy atom. The Hall–Kier alpha value is -2.09. The summed E-state index contributed by atoms with van der Waals surface area (Å²) >= 11 is 0. The normalized spacial score (nSPS) is 8.58. The predicted molar refractivity (Wildman–Crippen MR) is 39.2 cm³/mol. The van der Waals surface area contributed by atoms with Crippen LogP contribution in [-0.4, -0.2) is 11.1 Å². The van der Waals surface area contributed by atoms with Gasteiger partial charge in [0.25, 0.3) is 0 Å². The smallest absolute Gasteiger partial charge is 0.390 e. The largest absolute Gasteiger partial charge is 0.411 e. The van der Waals surface area contributed by atoms with Gasteiger partial charge in [0.1, 0.15) is 11.6 Å². The second-order valence-corrected chi connectivity index (χ2v) is 1.89. The van der Waals surface area contributed by atoms with Crippen molar-refractivity contribution in [2.75, 3.05) is 0 Å². The van der Waals surface area contributed by atoms with Crippen molar-refractivity contribution in [3.63, 3.8) is 0 Å². The lowest BCUT2D eigenvalue weighted by Gasteiger charge is -1.99. The van der Waals surface area contributed by atoms with Crippen LogP contribution in [0.4, 0.5) is 4.79 Å². The van der Waals surface area contributed by atoms with Gasteiger partial charge in [0.15, 0.2) is 0 Å². The summed E-state index contributed by atoms with van der Waals surface area (Å²) in [5, 5.41) is 8.51. The Balaban J connectivity index is 2.99. The van der Waals surface area contributed by atoms with Crippen molar-refractivity contribution in [1.82, 2.24) is 4.98 Å². The quantitative estimate of drug-likeness (QED) is 0.649. The van der Waals surface area contributed by atoms with Crippen LogP contribution in [0, 0.1) is 11.3 Å². The predicted octanol–water partition coefficient (Wildman–Crippen LogP) is 0.411. The first kappa shape index (κ1) is 8.01. The summed E-state index contributed by atoms with van der Waals surface area (Å²) in [5.74, 6) is -0.0625. The van der Waals surface area contributed by atoms with Gasteiger partial charge in [-0.2, -0.15) is 5.26 Å². The van der Waals surface area contributed by atoms with Gasteiger partial charge in [-0.25, -0.2) is 9.78 Å². The molecule has 1 heterocycles. The Morgan fingerprint density at radius 2 is 2.50 bits per heavy atom. The van der Waals surface area contributed by atoms with Gasteiger partial charge in [-0.3, -0.25) is 0 Å². The van der Waals surface area contributed by atoms with Gasteiger partial charge in [0, 0.05) is 6.20 Å². The van der Waals surface area contributed by atoms with E-state index in [0.29, 0.717) is 0 Å². The third-order valence-electron chi connectivity index (χ3n) is 1.09. The molecular weight excluding hydrogens is 158 g/mol. The molecule has 2 N–H and O–H groups in total. The number of hydrogen-bond acceptors (Lipinski definition) is 4. The van der Waals surface area contributed by atoms with Crippen LogP contribution in [0.25, 0.3) is 0 Å². The molecular formula is C7H5N3O2. The number of ether oxygens (including phenoxy) is 1.